The van der Waals surface area contributed by atoms with E-state index in [4.69, 9.17) is 17.0 Å². The summed E-state index contributed by atoms with van der Waals surface area (Å²) in [6, 6.07) is 8.88. The zero-order valence-electron chi connectivity index (χ0n) is 23.9. The first-order valence-electron chi connectivity index (χ1n) is 14.0. The lowest BCUT2D eigenvalue weighted by molar-refractivity contribution is -0.838. The second kappa shape index (κ2) is 12.0. The van der Waals surface area contributed by atoms with E-state index < -0.39 is 32.8 Å². The summed E-state index contributed by atoms with van der Waals surface area (Å²) < 4.78 is 50.2. The van der Waals surface area contributed by atoms with Crippen molar-refractivity contribution >= 4 is 61.4 Å². The van der Waals surface area contributed by atoms with Crippen molar-refractivity contribution in [2.45, 2.75) is 23.8 Å². The molecule has 45 heavy (non-hydrogen) atoms. The summed E-state index contributed by atoms with van der Waals surface area (Å²) in [6.45, 7) is 2.05. The number of aromatic nitrogens is 3. The predicted molar refractivity (Wildman–Crippen MR) is 165 cm³/mol. The number of carbonyl (C=O) groups is 1. The number of thiocarbonyl (C=S) groups is 1. The Labute approximate surface area is 262 Å². The molecule has 0 bridgehead atoms. The van der Waals surface area contributed by atoms with Crippen LogP contribution in [-0.4, -0.2) is 72.2 Å². The third-order valence-electron chi connectivity index (χ3n) is 7.82. The van der Waals surface area contributed by atoms with Gasteiger partial charge in [0, 0.05) is 41.8 Å². The van der Waals surface area contributed by atoms with Crippen LogP contribution in [0, 0.1) is 5.82 Å². The fraction of sp³-hybridized carbons (Fsp3) is 0.276. The van der Waals surface area contributed by atoms with Crippen molar-refractivity contribution in [3.63, 3.8) is 0 Å². The van der Waals surface area contributed by atoms with Crippen molar-refractivity contribution in [1.29, 1.82) is 0 Å². The van der Waals surface area contributed by atoms with Gasteiger partial charge < -0.3 is 29.4 Å². The van der Waals surface area contributed by atoms with Gasteiger partial charge in [0.1, 0.15) is 0 Å². The number of ether oxygens (including phenoxy) is 1. The number of sulfonamides is 1. The number of pyridine rings is 1. The SMILES string of the molecule is COc1nccnc1NS(=O)(=O)c1ccc(NC(=S)N2CC[NH+](c3cc4c(cc3F)c(=O)c(C(=O)[O-])cn4C3CC3)CC2)cc1. The van der Waals surface area contributed by atoms with Gasteiger partial charge in [-0.15, -0.1) is 0 Å². The number of hydrogen-bond acceptors (Lipinski definition) is 9. The number of carbonyl (C=O) groups excluding carboxylic acids is 1. The topological polar surface area (TPSA) is 163 Å². The van der Waals surface area contributed by atoms with E-state index >= 15 is 4.39 Å². The molecule has 0 unspecified atom stereocenters. The minimum Gasteiger partial charge on any atom is -0.545 e. The van der Waals surface area contributed by atoms with E-state index in [1.54, 1.807) is 22.8 Å². The van der Waals surface area contributed by atoms with Crippen molar-refractivity contribution < 1.29 is 32.3 Å². The number of anilines is 2. The van der Waals surface area contributed by atoms with Gasteiger partial charge in [-0.3, -0.25) is 14.4 Å². The highest BCUT2D eigenvalue weighted by molar-refractivity contribution is 7.92. The fourth-order valence-electron chi connectivity index (χ4n) is 5.34. The van der Waals surface area contributed by atoms with E-state index in [0.717, 1.165) is 23.8 Å². The first-order chi connectivity index (χ1) is 21.6. The van der Waals surface area contributed by atoms with Crippen LogP contribution < -0.4 is 30.2 Å². The van der Waals surface area contributed by atoms with Crippen molar-refractivity contribution in [2.24, 2.45) is 0 Å². The minimum absolute atomic E-state index is 0.00394. The molecule has 13 nitrogen and oxygen atoms in total. The number of piperazine rings is 1. The van der Waals surface area contributed by atoms with E-state index in [2.05, 4.69) is 20.0 Å². The number of quaternary nitrogens is 1. The quantitative estimate of drug-likeness (QED) is 0.229. The van der Waals surface area contributed by atoms with Crippen LogP contribution in [0.1, 0.15) is 29.2 Å². The summed E-state index contributed by atoms with van der Waals surface area (Å²) in [5, 5.41) is 15.1. The fourth-order valence-corrected chi connectivity index (χ4v) is 6.65. The predicted octanol–water partition coefficient (Wildman–Crippen LogP) is 0.667. The zero-order valence-corrected chi connectivity index (χ0v) is 25.6. The van der Waals surface area contributed by atoms with Crippen LogP contribution in [0.3, 0.4) is 0 Å². The molecule has 16 heteroatoms. The molecule has 6 rings (SSSR count). The molecule has 1 saturated carbocycles. The number of methoxy groups -OCH3 is 1. The number of carboxylic acids is 1. The second-order valence-corrected chi connectivity index (χ2v) is 12.8. The Morgan fingerprint density at radius 3 is 2.47 bits per heavy atom. The maximum Gasteiger partial charge on any atom is 0.263 e. The van der Waals surface area contributed by atoms with Gasteiger partial charge in [-0.05, 0) is 55.4 Å². The monoisotopic (exact) mass is 653 g/mol. The third-order valence-corrected chi connectivity index (χ3v) is 9.54. The molecule has 1 aliphatic heterocycles. The lowest BCUT2D eigenvalue weighted by atomic mass is 10.1. The molecule has 2 aromatic carbocycles. The molecule has 234 valence electrons. The number of nitrogens with one attached hydrogen (secondary N) is 3. The highest BCUT2D eigenvalue weighted by Gasteiger charge is 2.30. The summed E-state index contributed by atoms with van der Waals surface area (Å²) in [7, 11) is -2.60. The molecular weight excluding hydrogens is 625 g/mol. The molecule has 2 fully saturated rings. The Balaban J connectivity index is 1.11. The zero-order chi connectivity index (χ0) is 31.9. The standard InChI is InChI=1S/C29H28FN7O6S2/c1-43-27-26(31-8-9-32-27)34-45(41,42)19-6-2-17(3-7-19)33-29(44)36-12-10-35(11-13-36)24-15-23-20(14-22(24)30)25(38)21(28(39)40)16-37(23)18-4-5-18/h2-3,6-9,14-16,18H,4-5,10-13H2,1H3,(H,31,34)(H,33,44)(H,39,40). The molecule has 0 amide bonds. The Morgan fingerprint density at radius 2 is 1.82 bits per heavy atom. The van der Waals surface area contributed by atoms with Crippen LogP contribution in [0.5, 0.6) is 5.88 Å². The second-order valence-electron chi connectivity index (χ2n) is 10.7. The lowest BCUT2D eigenvalue weighted by Crippen LogP contribution is -3.10. The summed E-state index contributed by atoms with van der Waals surface area (Å²) >= 11 is 5.60. The molecule has 0 atom stereocenters. The van der Waals surface area contributed by atoms with Crippen molar-refractivity contribution in [3.8, 4) is 5.88 Å². The number of nitrogens with zero attached hydrogens (tertiary/aromatic N) is 4. The van der Waals surface area contributed by atoms with Gasteiger partial charge in [0.05, 0.1) is 55.2 Å². The molecule has 3 N–H and O–H groups in total. The molecule has 1 aliphatic carbocycles. The van der Waals surface area contributed by atoms with Crippen molar-refractivity contribution in [1.82, 2.24) is 19.4 Å². The Bertz CT molecular complexity index is 1980. The maximum atomic E-state index is 15.3. The Kier molecular flexibility index (Phi) is 8.11. The highest BCUT2D eigenvalue weighted by atomic mass is 32.2. The number of hydrogen-bond donors (Lipinski definition) is 3. The summed E-state index contributed by atoms with van der Waals surface area (Å²) in [4.78, 5) is 35.0. The number of aromatic carboxylic acids is 1. The van der Waals surface area contributed by atoms with Crippen molar-refractivity contribution in [3.05, 3.63) is 76.6 Å². The number of carboxylic acid groups (broad SMARTS) is 1. The normalized spacial score (nSPS) is 15.6. The van der Waals surface area contributed by atoms with Gasteiger partial charge in [0.2, 0.25) is 5.82 Å². The molecule has 4 aromatic rings. The minimum atomic E-state index is -3.96. The first kappa shape index (κ1) is 30.4. The molecule has 2 aliphatic rings. The van der Waals surface area contributed by atoms with Crippen LogP contribution in [0.15, 0.2) is 64.7 Å². The molecular formula is C29H28FN7O6S2. The molecule has 0 spiro atoms. The third kappa shape index (κ3) is 6.16. The van der Waals surface area contributed by atoms with E-state index in [-0.39, 0.29) is 28.0 Å². The number of halogens is 1. The van der Waals surface area contributed by atoms with Crippen LogP contribution in [-0.2, 0) is 10.0 Å². The van der Waals surface area contributed by atoms with Crippen LogP contribution >= 0.6 is 12.2 Å². The average Bonchev–Trinajstić information content (AvgIpc) is 3.87. The molecule has 1 saturated heterocycles. The number of benzene rings is 2. The van der Waals surface area contributed by atoms with Crippen LogP contribution in [0.4, 0.5) is 21.6 Å². The van der Waals surface area contributed by atoms with Gasteiger partial charge in [0.15, 0.2) is 22.0 Å². The van der Waals surface area contributed by atoms with Crippen LogP contribution in [0.2, 0.25) is 0 Å². The number of rotatable bonds is 8. The van der Waals surface area contributed by atoms with Gasteiger partial charge in [0.25, 0.3) is 15.9 Å². The largest absolute Gasteiger partial charge is 0.545 e. The Morgan fingerprint density at radius 1 is 1.13 bits per heavy atom. The van der Waals surface area contributed by atoms with Gasteiger partial charge in [-0.25, -0.2) is 22.8 Å². The molecule has 3 heterocycles. The van der Waals surface area contributed by atoms with Gasteiger partial charge >= 0.3 is 0 Å². The Hall–Kier alpha value is -4.67. The van der Waals surface area contributed by atoms with E-state index in [0.29, 0.717) is 48.2 Å². The summed E-state index contributed by atoms with van der Waals surface area (Å²) in [6.07, 6.45) is 5.73. The van der Waals surface area contributed by atoms with Crippen LogP contribution in [0.25, 0.3) is 10.9 Å². The molecule has 2 aromatic heterocycles. The smallest absolute Gasteiger partial charge is 0.263 e. The maximum absolute atomic E-state index is 15.3. The average molecular weight is 654 g/mol. The highest BCUT2D eigenvalue weighted by Crippen LogP contribution is 2.37. The number of fused-ring (bicyclic) bond motifs is 1. The van der Waals surface area contributed by atoms with Gasteiger partial charge in [-0.1, -0.05) is 0 Å². The van der Waals surface area contributed by atoms with E-state index in [1.165, 1.54) is 37.8 Å². The van der Waals surface area contributed by atoms with Gasteiger partial charge in [-0.2, -0.15) is 0 Å². The summed E-state index contributed by atoms with van der Waals surface area (Å²) in [5.74, 6) is -2.15. The van der Waals surface area contributed by atoms with Crippen molar-refractivity contribution in [2.75, 3.05) is 43.3 Å². The van der Waals surface area contributed by atoms with E-state index in [9.17, 15) is 23.1 Å². The first-order valence-corrected chi connectivity index (χ1v) is 15.9. The molecule has 0 radical (unpaired) electrons. The summed E-state index contributed by atoms with van der Waals surface area (Å²) in [5.41, 5.74) is 0.267. The lowest BCUT2D eigenvalue weighted by Gasteiger charge is -2.33. The van der Waals surface area contributed by atoms with E-state index in [1.807, 2.05) is 4.90 Å².